The summed E-state index contributed by atoms with van der Waals surface area (Å²) in [6.07, 6.45) is 3.69. The molecule has 1 amide bonds. The topological polar surface area (TPSA) is 72.2 Å². The van der Waals surface area contributed by atoms with Gasteiger partial charge in [-0.3, -0.25) is 14.9 Å². The summed E-state index contributed by atoms with van der Waals surface area (Å²) >= 11 is 1.65. The van der Waals surface area contributed by atoms with E-state index in [0.717, 1.165) is 31.0 Å². The van der Waals surface area contributed by atoms with Crippen LogP contribution in [0.2, 0.25) is 0 Å². The van der Waals surface area contributed by atoms with E-state index in [1.54, 1.807) is 11.8 Å². The molecular formula is C14H19FN2O3S. The van der Waals surface area contributed by atoms with Gasteiger partial charge in [0, 0.05) is 23.4 Å². The van der Waals surface area contributed by atoms with Crippen LogP contribution in [0.15, 0.2) is 18.2 Å². The zero-order valence-corrected chi connectivity index (χ0v) is 13.1. The molecule has 0 heterocycles. The molecule has 116 valence electrons. The standard InChI is InChI=1S/C14H19FN2O3S/c1-4-14(5-2,21-3)9-16-13(18)11-8-10(17(19)20)6-7-12(11)15/h6-8H,4-5,9H2,1-3H3,(H,16,18). The number of amides is 1. The highest BCUT2D eigenvalue weighted by atomic mass is 32.2. The van der Waals surface area contributed by atoms with Gasteiger partial charge in [-0.15, -0.1) is 0 Å². The molecule has 0 spiro atoms. The summed E-state index contributed by atoms with van der Waals surface area (Å²) in [4.78, 5) is 22.1. The third-order valence-corrected chi connectivity index (χ3v) is 5.29. The lowest BCUT2D eigenvalue weighted by atomic mass is 10.0. The molecule has 0 aliphatic carbocycles. The average Bonchev–Trinajstić information content (AvgIpc) is 2.49. The molecule has 0 aliphatic rings. The summed E-state index contributed by atoms with van der Waals surface area (Å²) in [5.41, 5.74) is -0.602. The second-order valence-corrected chi connectivity index (χ2v) is 5.97. The Hall–Kier alpha value is -1.63. The van der Waals surface area contributed by atoms with Crippen LogP contribution in [0.5, 0.6) is 0 Å². The largest absolute Gasteiger partial charge is 0.351 e. The van der Waals surface area contributed by atoms with Gasteiger partial charge in [-0.05, 0) is 25.2 Å². The van der Waals surface area contributed by atoms with Crippen molar-refractivity contribution < 1.29 is 14.1 Å². The molecule has 1 rings (SSSR count). The molecule has 0 unspecified atom stereocenters. The molecular weight excluding hydrogens is 295 g/mol. The van der Waals surface area contributed by atoms with Gasteiger partial charge >= 0.3 is 0 Å². The van der Waals surface area contributed by atoms with Gasteiger partial charge in [-0.2, -0.15) is 11.8 Å². The number of hydrogen-bond acceptors (Lipinski definition) is 4. The molecule has 0 aliphatic heterocycles. The highest BCUT2D eigenvalue weighted by Gasteiger charge is 2.26. The zero-order chi connectivity index (χ0) is 16.0. The second-order valence-electron chi connectivity index (χ2n) is 4.70. The van der Waals surface area contributed by atoms with Gasteiger partial charge in [0.2, 0.25) is 0 Å². The number of benzene rings is 1. The molecule has 1 aromatic rings. The van der Waals surface area contributed by atoms with Crippen molar-refractivity contribution in [1.29, 1.82) is 0 Å². The van der Waals surface area contributed by atoms with Crippen molar-refractivity contribution in [3.05, 3.63) is 39.7 Å². The zero-order valence-electron chi connectivity index (χ0n) is 12.3. The Labute approximate surface area is 127 Å². The van der Waals surface area contributed by atoms with Crippen LogP contribution in [-0.2, 0) is 0 Å². The Morgan fingerprint density at radius 1 is 1.43 bits per heavy atom. The molecule has 0 saturated carbocycles. The first-order chi connectivity index (χ1) is 9.89. The van der Waals surface area contributed by atoms with Gasteiger partial charge in [0.15, 0.2) is 0 Å². The van der Waals surface area contributed by atoms with Gasteiger partial charge in [0.25, 0.3) is 11.6 Å². The maximum absolute atomic E-state index is 13.7. The van der Waals surface area contributed by atoms with Crippen LogP contribution in [0, 0.1) is 15.9 Å². The number of carbonyl (C=O) groups is 1. The number of non-ortho nitro benzene ring substituents is 1. The Morgan fingerprint density at radius 3 is 2.52 bits per heavy atom. The molecule has 7 heteroatoms. The first-order valence-corrected chi connectivity index (χ1v) is 7.89. The van der Waals surface area contributed by atoms with Gasteiger partial charge in [0.05, 0.1) is 10.5 Å². The van der Waals surface area contributed by atoms with Gasteiger partial charge in [-0.1, -0.05) is 13.8 Å². The molecule has 1 aromatic carbocycles. The fourth-order valence-corrected chi connectivity index (χ4v) is 2.79. The van der Waals surface area contributed by atoms with E-state index in [9.17, 15) is 19.3 Å². The van der Waals surface area contributed by atoms with Crippen LogP contribution >= 0.6 is 11.8 Å². The summed E-state index contributed by atoms with van der Waals surface area (Å²) in [5, 5.41) is 13.4. The van der Waals surface area contributed by atoms with Crippen LogP contribution in [0.3, 0.4) is 0 Å². The first kappa shape index (κ1) is 17.4. The van der Waals surface area contributed by atoms with Crippen molar-refractivity contribution in [2.75, 3.05) is 12.8 Å². The number of thioether (sulfide) groups is 1. The van der Waals surface area contributed by atoms with Crippen molar-refractivity contribution in [1.82, 2.24) is 5.32 Å². The maximum Gasteiger partial charge on any atom is 0.270 e. The summed E-state index contributed by atoms with van der Waals surface area (Å²) in [7, 11) is 0. The number of nitrogens with one attached hydrogen (secondary N) is 1. The number of carbonyl (C=O) groups excluding carboxylic acids is 1. The van der Waals surface area contributed by atoms with E-state index < -0.39 is 16.6 Å². The number of rotatable bonds is 7. The predicted octanol–water partition coefficient (Wildman–Crippen LogP) is 3.39. The van der Waals surface area contributed by atoms with E-state index in [2.05, 4.69) is 5.32 Å². The van der Waals surface area contributed by atoms with Crippen LogP contribution in [0.4, 0.5) is 10.1 Å². The van der Waals surface area contributed by atoms with Gasteiger partial charge in [-0.25, -0.2) is 4.39 Å². The van der Waals surface area contributed by atoms with Crippen LogP contribution in [0.25, 0.3) is 0 Å². The lowest BCUT2D eigenvalue weighted by Gasteiger charge is -2.29. The number of nitro groups is 1. The number of halogens is 1. The molecule has 0 bridgehead atoms. The van der Waals surface area contributed by atoms with Gasteiger partial charge in [0.1, 0.15) is 5.82 Å². The van der Waals surface area contributed by atoms with Crippen LogP contribution < -0.4 is 5.32 Å². The Bertz CT molecular complexity index is 525. The smallest absolute Gasteiger partial charge is 0.270 e. The molecule has 1 N–H and O–H groups in total. The van der Waals surface area contributed by atoms with Gasteiger partial charge < -0.3 is 5.32 Å². The average molecular weight is 314 g/mol. The highest BCUT2D eigenvalue weighted by molar-refractivity contribution is 8.00. The minimum atomic E-state index is -0.763. The Balaban J connectivity index is 2.89. The van der Waals surface area contributed by atoms with E-state index in [-0.39, 0.29) is 16.0 Å². The number of nitro benzene ring substituents is 1. The third-order valence-electron chi connectivity index (χ3n) is 3.70. The molecule has 0 saturated heterocycles. The van der Waals surface area contributed by atoms with Crippen molar-refractivity contribution in [2.45, 2.75) is 31.4 Å². The molecule has 0 fully saturated rings. The minimum Gasteiger partial charge on any atom is -0.351 e. The monoisotopic (exact) mass is 314 g/mol. The fourth-order valence-electron chi connectivity index (χ4n) is 2.00. The lowest BCUT2D eigenvalue weighted by Crippen LogP contribution is -2.39. The van der Waals surface area contributed by atoms with Crippen molar-refractivity contribution in [3.63, 3.8) is 0 Å². The summed E-state index contributed by atoms with van der Waals surface area (Å²) in [6.45, 7) is 4.45. The normalized spacial score (nSPS) is 11.2. The SMILES string of the molecule is CCC(CC)(CNC(=O)c1cc([N+](=O)[O-])ccc1F)SC. The minimum absolute atomic E-state index is 0.104. The molecule has 0 atom stereocenters. The molecule has 0 aromatic heterocycles. The predicted molar refractivity (Wildman–Crippen MR) is 82.2 cm³/mol. The Morgan fingerprint density at radius 2 is 2.05 bits per heavy atom. The quantitative estimate of drug-likeness (QED) is 0.618. The van der Waals surface area contributed by atoms with E-state index in [1.165, 1.54) is 0 Å². The van der Waals surface area contributed by atoms with E-state index in [1.807, 2.05) is 20.1 Å². The van der Waals surface area contributed by atoms with Crippen LogP contribution in [0.1, 0.15) is 37.0 Å². The van der Waals surface area contributed by atoms with Crippen molar-refractivity contribution in [2.24, 2.45) is 0 Å². The summed E-state index contributed by atoms with van der Waals surface area (Å²) < 4.78 is 13.6. The first-order valence-electron chi connectivity index (χ1n) is 6.66. The maximum atomic E-state index is 13.7. The summed E-state index contributed by atoms with van der Waals surface area (Å²) in [6, 6.07) is 2.94. The van der Waals surface area contributed by atoms with E-state index >= 15 is 0 Å². The van der Waals surface area contributed by atoms with Crippen molar-refractivity contribution >= 4 is 23.4 Å². The lowest BCUT2D eigenvalue weighted by molar-refractivity contribution is -0.384. The molecule has 0 radical (unpaired) electrons. The van der Waals surface area contributed by atoms with Crippen LogP contribution in [-0.4, -0.2) is 28.4 Å². The van der Waals surface area contributed by atoms with E-state index in [0.29, 0.717) is 6.54 Å². The Kier molecular flexibility index (Phi) is 6.14. The van der Waals surface area contributed by atoms with Crippen molar-refractivity contribution in [3.8, 4) is 0 Å². The summed E-state index contributed by atoms with van der Waals surface area (Å²) in [5.74, 6) is -1.39. The number of nitrogens with zero attached hydrogens (tertiary/aromatic N) is 1. The second kappa shape index (κ2) is 7.40. The molecule has 21 heavy (non-hydrogen) atoms. The third kappa shape index (κ3) is 4.17. The number of hydrogen-bond donors (Lipinski definition) is 1. The van der Waals surface area contributed by atoms with E-state index in [4.69, 9.17) is 0 Å². The highest BCUT2D eigenvalue weighted by Crippen LogP contribution is 2.29. The fraction of sp³-hybridized carbons (Fsp3) is 0.500. The molecule has 5 nitrogen and oxygen atoms in total.